The van der Waals surface area contributed by atoms with Gasteiger partial charge in [-0.25, -0.2) is 0 Å². The molecule has 1 unspecified atom stereocenters. The van der Waals surface area contributed by atoms with Gasteiger partial charge in [-0.3, -0.25) is 0 Å². The molecule has 1 heteroatoms. The van der Waals surface area contributed by atoms with Gasteiger partial charge in [0, 0.05) is 27.5 Å². The van der Waals surface area contributed by atoms with E-state index < -0.39 is 0 Å². The number of para-hydroxylation sites is 2. The quantitative estimate of drug-likeness (QED) is 0.173. The lowest BCUT2D eigenvalue weighted by Gasteiger charge is -2.19. The summed E-state index contributed by atoms with van der Waals surface area (Å²) in [5.41, 5.74) is 10.3. The fraction of sp³-hybridized carbons (Fsp3) is 0.0417. The lowest BCUT2D eigenvalue weighted by Crippen LogP contribution is -1.99. The highest BCUT2D eigenvalue weighted by Crippen LogP contribution is 2.43. The van der Waals surface area contributed by atoms with Gasteiger partial charge >= 0.3 is 0 Å². The van der Waals surface area contributed by atoms with Crippen molar-refractivity contribution < 1.29 is 0 Å². The molecule has 0 N–H and O–H groups in total. The summed E-state index contributed by atoms with van der Waals surface area (Å²) < 4.78 is 2.45. The predicted octanol–water partition coefficient (Wildman–Crippen LogP) is 13.1. The van der Waals surface area contributed by atoms with Gasteiger partial charge < -0.3 is 4.40 Å². The van der Waals surface area contributed by atoms with E-state index in [9.17, 15) is 0 Å². The highest BCUT2D eigenvalue weighted by atomic mass is 14.9. The van der Waals surface area contributed by atoms with Crippen molar-refractivity contribution in [2.45, 2.75) is 12.3 Å². The number of nitrogens with zero attached hydrogens (tertiary/aromatic N) is 1. The Morgan fingerprint density at radius 2 is 0.939 bits per heavy atom. The molecule has 49 heavy (non-hydrogen) atoms. The van der Waals surface area contributed by atoms with Crippen LogP contribution in [0, 0.1) is 0 Å². The Hall–Kier alpha value is -6.18. The van der Waals surface area contributed by atoms with Gasteiger partial charge in [-0.15, -0.1) is 0 Å². The highest BCUT2D eigenvalue weighted by Gasteiger charge is 2.20. The van der Waals surface area contributed by atoms with E-state index in [4.69, 9.17) is 0 Å². The third-order valence-electron chi connectivity index (χ3n) is 11.0. The van der Waals surface area contributed by atoms with E-state index in [1.807, 2.05) is 0 Å². The van der Waals surface area contributed by atoms with E-state index in [-0.39, 0.29) is 0 Å². The maximum absolute atomic E-state index is 2.49. The van der Waals surface area contributed by atoms with Crippen LogP contribution in [-0.2, 0) is 0 Å². The molecule has 0 fully saturated rings. The van der Waals surface area contributed by atoms with Crippen molar-refractivity contribution in [2.24, 2.45) is 0 Å². The monoisotopic (exact) mass is 621 g/mol. The average molecular weight is 622 g/mol. The van der Waals surface area contributed by atoms with Gasteiger partial charge in [0.2, 0.25) is 0 Å². The fourth-order valence-electron chi connectivity index (χ4n) is 8.76. The van der Waals surface area contributed by atoms with Crippen molar-refractivity contribution in [3.8, 4) is 11.1 Å². The number of hydrogen-bond acceptors (Lipinski definition) is 0. The van der Waals surface area contributed by atoms with Gasteiger partial charge in [-0.1, -0.05) is 140 Å². The van der Waals surface area contributed by atoms with Gasteiger partial charge in [-0.2, -0.15) is 0 Å². The molecule has 0 aliphatic heterocycles. The molecule has 1 nitrogen and oxygen atoms in total. The third-order valence-corrected chi connectivity index (χ3v) is 11.0. The minimum absolute atomic E-state index is 0.308. The zero-order chi connectivity index (χ0) is 32.1. The van der Waals surface area contributed by atoms with Crippen molar-refractivity contribution in [1.29, 1.82) is 0 Å². The van der Waals surface area contributed by atoms with Crippen LogP contribution in [0.15, 0.2) is 170 Å². The molecule has 228 valence electrons. The first-order valence-electron chi connectivity index (χ1n) is 17.3. The Kier molecular flexibility index (Phi) is 5.57. The van der Waals surface area contributed by atoms with Crippen LogP contribution < -0.4 is 0 Å². The van der Waals surface area contributed by atoms with Crippen LogP contribution in [-0.4, -0.2) is 4.40 Å². The Bertz CT molecular complexity index is 2910. The van der Waals surface area contributed by atoms with E-state index in [2.05, 4.69) is 174 Å². The number of rotatable bonds is 3. The summed E-state index contributed by atoms with van der Waals surface area (Å²) in [4.78, 5) is 0. The second-order valence-electron chi connectivity index (χ2n) is 13.6. The van der Waals surface area contributed by atoms with Crippen molar-refractivity contribution in [3.63, 3.8) is 0 Å². The SMILES string of the molecule is C1=CC(c2cc3c4ccccc4n4c5ccccc5c(c2)c34)=CC(c2cccc(-c3ccc4c5ccccc5c5ccccc5c4c3)c2)C1. The van der Waals surface area contributed by atoms with Crippen LogP contribution in [0.3, 0.4) is 0 Å². The molecule has 1 atom stereocenters. The standard InChI is InChI=1S/C48H31N/c1-2-17-38-36(15-1)37-16-3-4-18-39(37)43-27-34(23-24-40(38)43)32-13-9-11-30(25-32)31-12-10-14-33(26-31)35-28-44-41-19-5-7-21-46(41)49-47-22-8-6-20-42(47)45(29-35)48(44)49/h1-11,13-29,31H,12H2. The summed E-state index contributed by atoms with van der Waals surface area (Å²) in [6, 6.07) is 56.4. The summed E-state index contributed by atoms with van der Waals surface area (Å²) in [7, 11) is 0. The van der Waals surface area contributed by atoms with Gasteiger partial charge in [0.15, 0.2) is 0 Å². The van der Waals surface area contributed by atoms with Crippen LogP contribution in [0.5, 0.6) is 0 Å². The molecule has 8 aromatic carbocycles. The summed E-state index contributed by atoms with van der Waals surface area (Å²) in [6.45, 7) is 0. The van der Waals surface area contributed by atoms with E-state index in [0.717, 1.165) is 6.42 Å². The third kappa shape index (κ3) is 3.87. The van der Waals surface area contributed by atoms with Crippen molar-refractivity contribution in [1.82, 2.24) is 4.40 Å². The van der Waals surface area contributed by atoms with Crippen LogP contribution in [0.1, 0.15) is 23.5 Å². The first-order valence-corrected chi connectivity index (χ1v) is 17.3. The molecule has 0 radical (unpaired) electrons. The second kappa shape index (κ2) is 10.2. The van der Waals surface area contributed by atoms with Crippen molar-refractivity contribution in [2.75, 3.05) is 0 Å². The Morgan fingerprint density at radius 1 is 0.408 bits per heavy atom. The number of aromatic nitrogens is 1. The molecule has 0 spiro atoms. The average Bonchev–Trinajstić information content (AvgIpc) is 3.70. The molecule has 11 rings (SSSR count). The van der Waals surface area contributed by atoms with Crippen LogP contribution in [0.2, 0.25) is 0 Å². The molecule has 0 bridgehead atoms. The summed E-state index contributed by atoms with van der Waals surface area (Å²) in [5, 5.41) is 13.2. The molecule has 0 saturated heterocycles. The van der Waals surface area contributed by atoms with Crippen LogP contribution >= 0.6 is 0 Å². The van der Waals surface area contributed by atoms with Crippen molar-refractivity contribution in [3.05, 3.63) is 181 Å². The summed E-state index contributed by atoms with van der Waals surface area (Å²) in [6.07, 6.45) is 8.18. The topological polar surface area (TPSA) is 4.41 Å². The van der Waals surface area contributed by atoms with E-state index in [1.165, 1.54) is 98.2 Å². The number of hydrogen-bond donors (Lipinski definition) is 0. The normalized spacial score (nSPS) is 15.1. The predicted molar refractivity (Wildman–Crippen MR) is 210 cm³/mol. The lowest BCUT2D eigenvalue weighted by atomic mass is 9.85. The maximum Gasteiger partial charge on any atom is 0.0620 e. The lowest BCUT2D eigenvalue weighted by molar-refractivity contribution is 0.857. The van der Waals surface area contributed by atoms with Crippen LogP contribution in [0.25, 0.3) is 87.1 Å². The fourth-order valence-corrected chi connectivity index (χ4v) is 8.76. The van der Waals surface area contributed by atoms with E-state index >= 15 is 0 Å². The Labute approximate surface area is 284 Å². The summed E-state index contributed by atoms with van der Waals surface area (Å²) in [5.74, 6) is 0.308. The van der Waals surface area contributed by atoms with Gasteiger partial charge in [0.1, 0.15) is 0 Å². The van der Waals surface area contributed by atoms with Crippen molar-refractivity contribution >= 4 is 76.0 Å². The van der Waals surface area contributed by atoms with Gasteiger partial charge in [0.05, 0.1) is 16.6 Å². The zero-order valence-corrected chi connectivity index (χ0v) is 26.9. The number of allylic oxidation sites excluding steroid dienone is 4. The molecule has 0 saturated carbocycles. The second-order valence-corrected chi connectivity index (χ2v) is 13.6. The molecular formula is C48H31N. The minimum atomic E-state index is 0.308. The number of fused-ring (bicyclic) bond motifs is 12. The van der Waals surface area contributed by atoms with Gasteiger partial charge in [-0.05, 0) is 96.9 Å². The van der Waals surface area contributed by atoms with Gasteiger partial charge in [0.25, 0.3) is 0 Å². The Morgan fingerprint density at radius 3 is 1.59 bits per heavy atom. The molecule has 1 aliphatic carbocycles. The van der Waals surface area contributed by atoms with Crippen LogP contribution in [0.4, 0.5) is 0 Å². The molecule has 2 aromatic heterocycles. The zero-order valence-electron chi connectivity index (χ0n) is 26.9. The molecular weight excluding hydrogens is 591 g/mol. The number of benzene rings is 8. The first kappa shape index (κ1) is 26.8. The molecule has 2 heterocycles. The maximum atomic E-state index is 2.49. The summed E-state index contributed by atoms with van der Waals surface area (Å²) >= 11 is 0. The first-order chi connectivity index (χ1) is 24.3. The smallest absolute Gasteiger partial charge is 0.0620 e. The largest absolute Gasteiger partial charge is 0.308 e. The Balaban J connectivity index is 1.03. The highest BCUT2D eigenvalue weighted by molar-refractivity contribution is 6.26. The molecule has 0 amide bonds. The molecule has 10 aromatic rings. The molecule has 1 aliphatic rings. The minimum Gasteiger partial charge on any atom is -0.308 e. The van der Waals surface area contributed by atoms with E-state index in [1.54, 1.807) is 0 Å². The van der Waals surface area contributed by atoms with E-state index in [0.29, 0.717) is 5.92 Å².